The molecule has 2 nitrogen and oxygen atoms in total. The standard InChI is InChI=1S/C18H30N2S/c1-14(2)20-18(12-8-4-3-5-9-13-18)17-19-15-10-6-7-11-16(15)21-17/h14,20H,3-13H2,1-2H3. The zero-order valence-corrected chi connectivity index (χ0v) is 14.5. The molecule has 0 radical (unpaired) electrons. The summed E-state index contributed by atoms with van der Waals surface area (Å²) in [4.78, 5) is 6.71. The van der Waals surface area contributed by atoms with Gasteiger partial charge in [-0.05, 0) is 52.4 Å². The average molecular weight is 307 g/mol. The van der Waals surface area contributed by atoms with Crippen molar-refractivity contribution in [2.45, 2.75) is 96.1 Å². The van der Waals surface area contributed by atoms with Crippen LogP contribution in [0.25, 0.3) is 0 Å². The predicted octanol–water partition coefficient (Wildman–Crippen LogP) is 4.96. The quantitative estimate of drug-likeness (QED) is 0.853. The van der Waals surface area contributed by atoms with Gasteiger partial charge in [-0.3, -0.25) is 0 Å². The number of hydrogen-bond acceptors (Lipinski definition) is 3. The number of nitrogens with one attached hydrogen (secondary N) is 1. The molecule has 0 bridgehead atoms. The molecule has 21 heavy (non-hydrogen) atoms. The molecule has 1 aromatic rings. The molecule has 0 amide bonds. The first-order valence-corrected chi connectivity index (χ1v) is 9.78. The Morgan fingerprint density at radius 1 is 0.952 bits per heavy atom. The number of nitrogens with zero attached hydrogens (tertiary/aromatic N) is 1. The van der Waals surface area contributed by atoms with Crippen molar-refractivity contribution >= 4 is 11.3 Å². The number of aromatic nitrogens is 1. The van der Waals surface area contributed by atoms with E-state index in [-0.39, 0.29) is 5.54 Å². The van der Waals surface area contributed by atoms with Crippen molar-refractivity contribution in [3.63, 3.8) is 0 Å². The van der Waals surface area contributed by atoms with Crippen LogP contribution in [-0.2, 0) is 18.4 Å². The normalized spacial score (nSPS) is 22.6. The van der Waals surface area contributed by atoms with Crippen molar-refractivity contribution in [2.75, 3.05) is 0 Å². The second-order valence-electron chi connectivity index (χ2n) is 7.24. The molecule has 1 N–H and O–H groups in total. The van der Waals surface area contributed by atoms with Crippen molar-refractivity contribution in [1.29, 1.82) is 0 Å². The van der Waals surface area contributed by atoms with Gasteiger partial charge in [0.05, 0.1) is 11.2 Å². The van der Waals surface area contributed by atoms with Gasteiger partial charge in [0, 0.05) is 10.9 Å². The summed E-state index contributed by atoms with van der Waals surface area (Å²) in [6.45, 7) is 4.57. The maximum absolute atomic E-state index is 5.13. The number of hydrogen-bond donors (Lipinski definition) is 1. The Kier molecular flexibility index (Phi) is 5.00. The fourth-order valence-electron chi connectivity index (χ4n) is 4.04. The molecule has 3 heteroatoms. The molecule has 1 fully saturated rings. The fourth-order valence-corrected chi connectivity index (χ4v) is 5.40. The minimum atomic E-state index is 0.163. The molecule has 1 aromatic heterocycles. The Balaban J connectivity index is 1.91. The van der Waals surface area contributed by atoms with Gasteiger partial charge in [-0.15, -0.1) is 11.3 Å². The highest BCUT2D eigenvalue weighted by Crippen LogP contribution is 2.40. The Labute approximate surface area is 133 Å². The summed E-state index contributed by atoms with van der Waals surface area (Å²) in [6.07, 6.45) is 14.6. The first-order chi connectivity index (χ1) is 10.2. The van der Waals surface area contributed by atoms with Crippen LogP contribution >= 0.6 is 11.3 Å². The SMILES string of the molecule is CC(C)NC1(c2nc3c(s2)CCCC3)CCCCCCC1. The maximum Gasteiger partial charge on any atom is 0.113 e. The van der Waals surface area contributed by atoms with Crippen LogP contribution in [0.15, 0.2) is 0 Å². The van der Waals surface area contributed by atoms with Crippen LogP contribution in [0.4, 0.5) is 0 Å². The topological polar surface area (TPSA) is 24.9 Å². The van der Waals surface area contributed by atoms with E-state index in [1.807, 2.05) is 11.3 Å². The van der Waals surface area contributed by atoms with Crippen LogP contribution in [0.1, 0.15) is 87.2 Å². The number of aryl methyl sites for hydroxylation is 2. The lowest BCUT2D eigenvalue weighted by molar-refractivity contribution is 0.233. The van der Waals surface area contributed by atoms with Crippen LogP contribution in [0.2, 0.25) is 0 Å². The Morgan fingerprint density at radius 3 is 2.29 bits per heavy atom. The highest BCUT2D eigenvalue weighted by Gasteiger charge is 2.36. The Hall–Kier alpha value is -0.410. The summed E-state index contributed by atoms with van der Waals surface area (Å²) in [5.74, 6) is 0. The van der Waals surface area contributed by atoms with E-state index in [0.29, 0.717) is 6.04 Å². The second-order valence-corrected chi connectivity index (χ2v) is 8.33. The van der Waals surface area contributed by atoms with Gasteiger partial charge in [0.1, 0.15) is 5.01 Å². The lowest BCUT2D eigenvalue weighted by Crippen LogP contribution is -2.46. The fraction of sp³-hybridized carbons (Fsp3) is 0.833. The van der Waals surface area contributed by atoms with Gasteiger partial charge in [-0.1, -0.05) is 32.1 Å². The first kappa shape index (κ1) is 15.5. The summed E-state index contributed by atoms with van der Waals surface area (Å²) in [7, 11) is 0. The minimum absolute atomic E-state index is 0.163. The molecule has 2 aliphatic carbocycles. The number of rotatable bonds is 3. The van der Waals surface area contributed by atoms with Gasteiger partial charge in [-0.25, -0.2) is 4.98 Å². The van der Waals surface area contributed by atoms with Gasteiger partial charge in [0.25, 0.3) is 0 Å². The molecule has 0 saturated heterocycles. The van der Waals surface area contributed by atoms with Crippen molar-refractivity contribution in [3.05, 3.63) is 15.6 Å². The van der Waals surface area contributed by atoms with E-state index in [1.165, 1.54) is 81.3 Å². The van der Waals surface area contributed by atoms with E-state index in [4.69, 9.17) is 4.98 Å². The molecule has 1 saturated carbocycles. The van der Waals surface area contributed by atoms with E-state index in [2.05, 4.69) is 19.2 Å². The Bertz CT molecular complexity index is 432. The van der Waals surface area contributed by atoms with E-state index in [9.17, 15) is 0 Å². The largest absolute Gasteiger partial charge is 0.303 e. The average Bonchev–Trinajstić information content (AvgIpc) is 2.86. The third-order valence-electron chi connectivity index (χ3n) is 5.03. The van der Waals surface area contributed by atoms with Gasteiger partial charge < -0.3 is 5.32 Å². The monoisotopic (exact) mass is 306 g/mol. The highest BCUT2D eigenvalue weighted by molar-refractivity contribution is 7.11. The van der Waals surface area contributed by atoms with E-state index < -0.39 is 0 Å². The summed E-state index contributed by atoms with van der Waals surface area (Å²) in [5.41, 5.74) is 1.59. The molecule has 0 aliphatic heterocycles. The predicted molar refractivity (Wildman–Crippen MR) is 91.0 cm³/mol. The maximum atomic E-state index is 5.13. The van der Waals surface area contributed by atoms with Crippen molar-refractivity contribution in [1.82, 2.24) is 10.3 Å². The molecule has 1 heterocycles. The molecular formula is C18H30N2S. The number of fused-ring (bicyclic) bond motifs is 1. The van der Waals surface area contributed by atoms with E-state index in [1.54, 1.807) is 4.88 Å². The van der Waals surface area contributed by atoms with Crippen LogP contribution in [-0.4, -0.2) is 11.0 Å². The highest BCUT2D eigenvalue weighted by atomic mass is 32.1. The van der Waals surface area contributed by atoms with Crippen molar-refractivity contribution in [2.24, 2.45) is 0 Å². The van der Waals surface area contributed by atoms with E-state index >= 15 is 0 Å². The molecule has 0 unspecified atom stereocenters. The zero-order valence-electron chi connectivity index (χ0n) is 13.7. The first-order valence-electron chi connectivity index (χ1n) is 8.96. The second kappa shape index (κ2) is 6.78. The molecule has 0 aromatic carbocycles. The van der Waals surface area contributed by atoms with E-state index in [0.717, 1.165) is 0 Å². The minimum Gasteiger partial charge on any atom is -0.303 e. The molecule has 0 atom stereocenters. The number of thiazole rings is 1. The van der Waals surface area contributed by atoms with Crippen LogP contribution < -0.4 is 5.32 Å². The summed E-state index contributed by atoms with van der Waals surface area (Å²) >= 11 is 2.03. The third kappa shape index (κ3) is 3.50. The van der Waals surface area contributed by atoms with Gasteiger partial charge in [0.15, 0.2) is 0 Å². The zero-order chi connectivity index (χ0) is 14.7. The van der Waals surface area contributed by atoms with Crippen molar-refractivity contribution in [3.8, 4) is 0 Å². The summed E-state index contributed by atoms with van der Waals surface area (Å²) in [6, 6.07) is 0.533. The lowest BCUT2D eigenvalue weighted by atomic mass is 9.83. The van der Waals surface area contributed by atoms with Gasteiger partial charge in [-0.2, -0.15) is 0 Å². The van der Waals surface area contributed by atoms with Gasteiger partial charge >= 0.3 is 0 Å². The molecular weight excluding hydrogens is 276 g/mol. The van der Waals surface area contributed by atoms with Crippen LogP contribution in [0, 0.1) is 0 Å². The molecule has 0 spiro atoms. The smallest absolute Gasteiger partial charge is 0.113 e. The van der Waals surface area contributed by atoms with Crippen LogP contribution in [0.5, 0.6) is 0 Å². The molecule has 3 rings (SSSR count). The lowest BCUT2D eigenvalue weighted by Gasteiger charge is -2.36. The summed E-state index contributed by atoms with van der Waals surface area (Å²) in [5, 5.41) is 5.34. The Morgan fingerprint density at radius 2 is 1.62 bits per heavy atom. The summed E-state index contributed by atoms with van der Waals surface area (Å²) < 4.78 is 0. The van der Waals surface area contributed by atoms with Crippen LogP contribution in [0.3, 0.4) is 0 Å². The third-order valence-corrected chi connectivity index (χ3v) is 6.39. The van der Waals surface area contributed by atoms with Crippen molar-refractivity contribution < 1.29 is 0 Å². The van der Waals surface area contributed by atoms with Gasteiger partial charge in [0.2, 0.25) is 0 Å². The molecule has 118 valence electrons. The molecule has 2 aliphatic rings.